The highest BCUT2D eigenvalue weighted by molar-refractivity contribution is 8.05. The molecule has 2 N–H and O–H groups in total. The Hall–Kier alpha value is -3.38. The Labute approximate surface area is 199 Å². The predicted molar refractivity (Wildman–Crippen MR) is 138 cm³/mol. The Morgan fingerprint density at radius 3 is 2.55 bits per heavy atom. The molecule has 6 heteroatoms. The molecule has 5 nitrogen and oxygen atoms in total. The number of benzene rings is 2. The zero-order chi connectivity index (χ0) is 23.4. The lowest BCUT2D eigenvalue weighted by molar-refractivity contribution is -0.116. The molecule has 0 unspecified atom stereocenters. The van der Waals surface area contributed by atoms with Gasteiger partial charge in [-0.2, -0.15) is 0 Å². The van der Waals surface area contributed by atoms with Crippen LogP contribution in [0.2, 0.25) is 0 Å². The number of aryl methyl sites for hydroxylation is 2. The minimum atomic E-state index is -0.192. The van der Waals surface area contributed by atoms with Crippen LogP contribution in [0.1, 0.15) is 29.4 Å². The lowest BCUT2D eigenvalue weighted by atomic mass is 10.1. The Morgan fingerprint density at radius 1 is 1.15 bits per heavy atom. The Balaban J connectivity index is 1.50. The zero-order valence-corrected chi connectivity index (χ0v) is 20.0. The average Bonchev–Trinajstić information content (AvgIpc) is 3.30. The molecule has 0 saturated carbocycles. The monoisotopic (exact) mass is 459 g/mol. The van der Waals surface area contributed by atoms with E-state index in [9.17, 15) is 4.79 Å². The standard InChI is InChI=1S/C27H29N3O2S/c1-5-15-32-24-13-11-23(12-14-24)30-18(3)16-21(19(30)4)17-25-26(31)29-27(33-25)28-22-9-7-20(6-2)8-10-22/h5,7-14,16-17,27-28H,1,6,15H2,2-4H3,(H,29,31)/b25-17-/t27-/m1/s1. The van der Waals surface area contributed by atoms with Gasteiger partial charge in [-0.3, -0.25) is 4.79 Å². The molecule has 0 radical (unpaired) electrons. The van der Waals surface area contributed by atoms with Gasteiger partial charge in [0.1, 0.15) is 12.4 Å². The molecule has 1 aliphatic rings. The highest BCUT2D eigenvalue weighted by Crippen LogP contribution is 2.32. The summed E-state index contributed by atoms with van der Waals surface area (Å²) in [5.41, 5.74) is 6.36. The van der Waals surface area contributed by atoms with Crippen LogP contribution in [0, 0.1) is 13.8 Å². The van der Waals surface area contributed by atoms with Crippen molar-refractivity contribution in [3.8, 4) is 11.4 Å². The molecule has 1 saturated heterocycles. The molecule has 0 spiro atoms. The van der Waals surface area contributed by atoms with Crippen molar-refractivity contribution in [1.82, 2.24) is 9.88 Å². The van der Waals surface area contributed by atoms with Gasteiger partial charge in [0, 0.05) is 22.8 Å². The number of rotatable bonds is 8. The van der Waals surface area contributed by atoms with Gasteiger partial charge >= 0.3 is 0 Å². The van der Waals surface area contributed by atoms with Crippen LogP contribution in [-0.4, -0.2) is 22.6 Å². The Kier molecular flexibility index (Phi) is 6.94. The molecule has 3 aromatic rings. The minimum Gasteiger partial charge on any atom is -0.490 e. The second-order valence-electron chi connectivity index (χ2n) is 7.93. The predicted octanol–water partition coefficient (Wildman–Crippen LogP) is 5.82. The molecule has 33 heavy (non-hydrogen) atoms. The van der Waals surface area contributed by atoms with Gasteiger partial charge in [0.05, 0.1) is 4.91 Å². The van der Waals surface area contributed by atoms with Crippen LogP contribution in [0.25, 0.3) is 11.8 Å². The van der Waals surface area contributed by atoms with E-state index < -0.39 is 0 Å². The number of ether oxygens (including phenoxy) is 1. The van der Waals surface area contributed by atoms with Crippen LogP contribution < -0.4 is 15.4 Å². The molecule has 2 heterocycles. The molecular formula is C27H29N3O2S. The first-order valence-electron chi connectivity index (χ1n) is 11.1. The van der Waals surface area contributed by atoms with Gasteiger partial charge in [-0.1, -0.05) is 43.5 Å². The maximum absolute atomic E-state index is 12.6. The smallest absolute Gasteiger partial charge is 0.260 e. The number of nitrogens with one attached hydrogen (secondary N) is 2. The van der Waals surface area contributed by atoms with Gasteiger partial charge in [-0.05, 0) is 79.9 Å². The number of carbonyl (C=O) groups is 1. The molecule has 1 amide bonds. The summed E-state index contributed by atoms with van der Waals surface area (Å²) in [5, 5.41) is 6.40. The summed E-state index contributed by atoms with van der Waals surface area (Å²) in [6.07, 6.45) is 4.71. The topological polar surface area (TPSA) is 55.3 Å². The lowest BCUT2D eigenvalue weighted by Crippen LogP contribution is -2.30. The third-order valence-corrected chi connectivity index (χ3v) is 6.64. The first-order chi connectivity index (χ1) is 16.0. The fourth-order valence-corrected chi connectivity index (χ4v) is 4.85. The molecule has 1 fully saturated rings. The van der Waals surface area contributed by atoms with Gasteiger partial charge in [0.2, 0.25) is 0 Å². The van der Waals surface area contributed by atoms with Crippen molar-refractivity contribution in [3.63, 3.8) is 0 Å². The van der Waals surface area contributed by atoms with E-state index in [1.807, 2.05) is 30.3 Å². The van der Waals surface area contributed by atoms with Gasteiger partial charge in [0.25, 0.3) is 5.91 Å². The van der Waals surface area contributed by atoms with Crippen LogP contribution in [0.15, 0.2) is 72.2 Å². The summed E-state index contributed by atoms with van der Waals surface area (Å²) < 4.78 is 7.77. The van der Waals surface area contributed by atoms with E-state index >= 15 is 0 Å². The van der Waals surface area contributed by atoms with E-state index in [4.69, 9.17) is 4.74 Å². The Morgan fingerprint density at radius 2 is 1.88 bits per heavy atom. The second kappa shape index (κ2) is 10.0. The summed E-state index contributed by atoms with van der Waals surface area (Å²) in [4.78, 5) is 13.3. The number of thioether (sulfide) groups is 1. The van der Waals surface area contributed by atoms with Crippen molar-refractivity contribution >= 4 is 29.4 Å². The fraction of sp³-hybridized carbons (Fsp3) is 0.222. The van der Waals surface area contributed by atoms with Gasteiger partial charge < -0.3 is 19.9 Å². The van der Waals surface area contributed by atoms with E-state index in [0.29, 0.717) is 11.5 Å². The summed E-state index contributed by atoms with van der Waals surface area (Å²) in [5.74, 6) is 0.751. The van der Waals surface area contributed by atoms with E-state index in [1.165, 1.54) is 17.3 Å². The third-order valence-electron chi connectivity index (χ3n) is 5.61. The lowest BCUT2D eigenvalue weighted by Gasteiger charge is -2.12. The quantitative estimate of drug-likeness (QED) is 0.329. The van der Waals surface area contributed by atoms with E-state index in [0.717, 1.165) is 40.5 Å². The SMILES string of the molecule is C=CCOc1ccc(-n2c(C)cc(/C=C3\S[C@H](Nc4ccc(CC)cc4)NC3=O)c2C)cc1. The van der Waals surface area contributed by atoms with Gasteiger partial charge in [0.15, 0.2) is 5.50 Å². The first kappa shape index (κ1) is 22.8. The molecule has 1 aromatic heterocycles. The average molecular weight is 460 g/mol. The van der Waals surface area contributed by atoms with Crippen molar-refractivity contribution in [2.24, 2.45) is 0 Å². The zero-order valence-electron chi connectivity index (χ0n) is 19.2. The number of aromatic nitrogens is 1. The molecule has 0 aliphatic carbocycles. The van der Waals surface area contributed by atoms with Crippen molar-refractivity contribution < 1.29 is 9.53 Å². The number of hydrogen-bond acceptors (Lipinski definition) is 4. The minimum absolute atomic E-state index is 0.0591. The normalized spacial score (nSPS) is 16.6. The number of hydrogen-bond donors (Lipinski definition) is 2. The van der Waals surface area contributed by atoms with E-state index in [2.05, 4.69) is 72.9 Å². The van der Waals surface area contributed by atoms with Crippen LogP contribution >= 0.6 is 11.8 Å². The van der Waals surface area contributed by atoms with Crippen LogP contribution in [0.4, 0.5) is 5.69 Å². The number of anilines is 1. The maximum Gasteiger partial charge on any atom is 0.260 e. The molecule has 1 aliphatic heterocycles. The summed E-state index contributed by atoms with van der Waals surface area (Å²) in [6, 6.07) is 18.4. The molecule has 170 valence electrons. The first-order valence-corrected chi connectivity index (χ1v) is 11.9. The Bertz CT molecular complexity index is 1180. The van der Waals surface area contributed by atoms with E-state index in [1.54, 1.807) is 6.08 Å². The van der Waals surface area contributed by atoms with E-state index in [-0.39, 0.29) is 11.4 Å². The molecule has 0 bridgehead atoms. The van der Waals surface area contributed by atoms with Crippen molar-refractivity contribution in [3.05, 3.63) is 94.7 Å². The molecule has 2 aromatic carbocycles. The van der Waals surface area contributed by atoms with Crippen LogP contribution in [0.3, 0.4) is 0 Å². The van der Waals surface area contributed by atoms with Crippen LogP contribution in [0.5, 0.6) is 5.75 Å². The van der Waals surface area contributed by atoms with Crippen molar-refractivity contribution in [2.45, 2.75) is 32.7 Å². The van der Waals surface area contributed by atoms with Gasteiger partial charge in [-0.15, -0.1) is 0 Å². The fourth-order valence-electron chi connectivity index (χ4n) is 3.87. The maximum atomic E-state index is 12.6. The van der Waals surface area contributed by atoms with Crippen molar-refractivity contribution in [2.75, 3.05) is 11.9 Å². The molecule has 4 rings (SSSR count). The second-order valence-corrected chi connectivity index (χ2v) is 9.08. The van der Waals surface area contributed by atoms with Crippen LogP contribution in [-0.2, 0) is 11.2 Å². The summed E-state index contributed by atoms with van der Waals surface area (Å²) in [6.45, 7) is 10.4. The number of carbonyl (C=O) groups excluding carboxylic acids is 1. The number of nitrogens with zero attached hydrogens (tertiary/aromatic N) is 1. The van der Waals surface area contributed by atoms with Gasteiger partial charge in [-0.25, -0.2) is 0 Å². The molecular weight excluding hydrogens is 430 g/mol. The highest BCUT2D eigenvalue weighted by atomic mass is 32.2. The summed E-state index contributed by atoms with van der Waals surface area (Å²) in [7, 11) is 0. The number of amides is 1. The third kappa shape index (κ3) is 5.17. The summed E-state index contributed by atoms with van der Waals surface area (Å²) >= 11 is 1.50. The molecule has 1 atom stereocenters. The van der Waals surface area contributed by atoms with Crippen molar-refractivity contribution in [1.29, 1.82) is 0 Å². The largest absolute Gasteiger partial charge is 0.490 e. The highest BCUT2D eigenvalue weighted by Gasteiger charge is 2.27.